The van der Waals surface area contributed by atoms with Crippen molar-refractivity contribution in [3.63, 3.8) is 0 Å². The lowest BCUT2D eigenvalue weighted by Gasteiger charge is -2.10. The Morgan fingerprint density at radius 2 is 1.69 bits per heavy atom. The summed E-state index contributed by atoms with van der Waals surface area (Å²) in [5, 5.41) is 7.76. The molecule has 4 rings (SSSR count). The molecule has 7 nitrogen and oxygen atoms in total. The van der Waals surface area contributed by atoms with Crippen molar-refractivity contribution in [1.29, 1.82) is 0 Å². The van der Waals surface area contributed by atoms with E-state index in [1.807, 2.05) is 0 Å². The fourth-order valence-corrected chi connectivity index (χ4v) is 4.41. The van der Waals surface area contributed by atoms with Crippen molar-refractivity contribution in [2.24, 2.45) is 0 Å². The number of rotatable bonds is 3. The molecular weight excluding hydrogens is 584 g/mol. The van der Waals surface area contributed by atoms with Crippen LogP contribution in [-0.4, -0.2) is 46.4 Å². The Morgan fingerprint density at radius 3 is 2.25 bits per heavy atom. The summed E-state index contributed by atoms with van der Waals surface area (Å²) in [6, 6.07) is 9.23. The Balaban J connectivity index is 0.000000454. The van der Waals surface area contributed by atoms with Crippen LogP contribution >= 0.6 is 15.9 Å². The fraction of sp³-hybridized carbons (Fsp3) is 0.190. The number of nitrogens with one attached hydrogen (secondary N) is 1. The fourth-order valence-electron chi connectivity index (χ4n) is 3.00. The highest BCUT2D eigenvalue weighted by atomic mass is 79.9. The molecule has 2 N–H and O–H groups in total. The van der Waals surface area contributed by atoms with Gasteiger partial charge in [0.05, 0.1) is 38.5 Å². The highest BCUT2D eigenvalue weighted by molar-refractivity contribution is 9.10. The van der Waals surface area contributed by atoms with Crippen molar-refractivity contribution >= 4 is 53.7 Å². The summed E-state index contributed by atoms with van der Waals surface area (Å²) in [5.41, 5.74) is 0.502. The van der Waals surface area contributed by atoms with E-state index in [0.717, 1.165) is 16.7 Å². The largest absolute Gasteiger partial charge is 0.490 e. The van der Waals surface area contributed by atoms with Gasteiger partial charge in [-0.25, -0.2) is 18.2 Å². The summed E-state index contributed by atoms with van der Waals surface area (Å²) in [7, 11) is -3.64. The number of carboxylic acid groups (broad SMARTS) is 1. The Kier molecular flexibility index (Phi) is 7.37. The molecule has 15 heteroatoms. The molecule has 0 saturated carbocycles. The van der Waals surface area contributed by atoms with Crippen molar-refractivity contribution in [2.45, 2.75) is 24.2 Å². The number of hydrogen-bond donors (Lipinski definition) is 2. The Bertz CT molecular complexity index is 1570. The number of aromatic nitrogens is 3. The summed E-state index contributed by atoms with van der Waals surface area (Å²) < 4.78 is 96.8. The van der Waals surface area contributed by atoms with Gasteiger partial charge in [-0.1, -0.05) is 28.9 Å². The van der Waals surface area contributed by atoms with Gasteiger partial charge in [0.2, 0.25) is 0 Å². The molecule has 3 heterocycles. The quantitative estimate of drug-likeness (QED) is 0.281. The Hall–Kier alpha value is -3.20. The second-order valence-corrected chi connectivity index (χ2v) is 10.4. The minimum Gasteiger partial charge on any atom is -0.475 e. The molecular formula is C21H14BrF6N3O4S. The zero-order valence-electron chi connectivity index (χ0n) is 17.9. The third kappa shape index (κ3) is 5.95. The molecule has 0 bridgehead atoms. The van der Waals surface area contributed by atoms with E-state index >= 15 is 0 Å². The number of pyridine rings is 2. The maximum absolute atomic E-state index is 13.0. The summed E-state index contributed by atoms with van der Waals surface area (Å²) in [4.78, 5) is 20.1. The van der Waals surface area contributed by atoms with Crippen LogP contribution < -0.4 is 0 Å². The van der Waals surface area contributed by atoms with E-state index in [1.54, 1.807) is 18.2 Å². The molecule has 4 aromatic rings. The first-order valence-corrected chi connectivity index (χ1v) is 12.2. The van der Waals surface area contributed by atoms with Crippen LogP contribution in [0.5, 0.6) is 0 Å². The number of H-pyrrole nitrogens is 1. The maximum atomic E-state index is 13.0. The highest BCUT2D eigenvalue weighted by Gasteiger charge is 2.38. The predicted octanol–water partition coefficient (Wildman–Crippen LogP) is 5.99. The predicted molar refractivity (Wildman–Crippen MR) is 121 cm³/mol. The molecule has 0 saturated heterocycles. The molecule has 192 valence electrons. The number of alkyl halides is 6. The topological polar surface area (TPSA) is 113 Å². The van der Waals surface area contributed by atoms with E-state index in [9.17, 15) is 34.8 Å². The molecule has 0 atom stereocenters. The van der Waals surface area contributed by atoms with Crippen LogP contribution in [0.1, 0.15) is 12.5 Å². The summed E-state index contributed by atoms with van der Waals surface area (Å²) in [5.74, 6) is -2.90. The van der Waals surface area contributed by atoms with E-state index in [2.05, 4.69) is 30.9 Å². The lowest BCUT2D eigenvalue weighted by atomic mass is 10.2. The zero-order chi connectivity index (χ0) is 27.1. The van der Waals surface area contributed by atoms with E-state index in [0.29, 0.717) is 10.9 Å². The van der Waals surface area contributed by atoms with Gasteiger partial charge in [-0.2, -0.15) is 26.3 Å². The molecule has 0 aliphatic carbocycles. The number of hydrogen-bond acceptors (Lipinski definition) is 5. The van der Waals surface area contributed by atoms with Crippen molar-refractivity contribution in [3.05, 3.63) is 52.6 Å². The lowest BCUT2D eigenvalue weighted by molar-refractivity contribution is -0.192. The second kappa shape index (κ2) is 9.69. The Labute approximate surface area is 207 Å². The van der Waals surface area contributed by atoms with Gasteiger partial charge in [0, 0.05) is 16.1 Å². The minimum absolute atomic E-state index is 0.0115. The first kappa shape index (κ1) is 27.4. The molecule has 0 amide bonds. The third-order valence-electron chi connectivity index (χ3n) is 4.75. The van der Waals surface area contributed by atoms with Crippen LogP contribution in [0.4, 0.5) is 26.3 Å². The summed E-state index contributed by atoms with van der Waals surface area (Å²) in [6.07, 6.45) is -8.87. The van der Waals surface area contributed by atoms with Crippen LogP contribution in [0.25, 0.3) is 33.3 Å². The number of sulfone groups is 1. The number of benzene rings is 1. The van der Waals surface area contributed by atoms with Crippen LogP contribution in [0.15, 0.2) is 52.0 Å². The first-order valence-electron chi connectivity index (χ1n) is 9.72. The van der Waals surface area contributed by atoms with Gasteiger partial charge < -0.3 is 10.1 Å². The smallest absolute Gasteiger partial charge is 0.475 e. The number of fused-ring (bicyclic) bond motifs is 2. The molecule has 3 aromatic heterocycles. The number of aliphatic carboxylic acids is 1. The van der Waals surface area contributed by atoms with E-state index in [1.165, 1.54) is 19.1 Å². The average Bonchev–Trinajstić information content (AvgIpc) is 3.20. The highest BCUT2D eigenvalue weighted by Crippen LogP contribution is 2.34. The van der Waals surface area contributed by atoms with Crippen LogP contribution in [0, 0.1) is 0 Å². The van der Waals surface area contributed by atoms with Gasteiger partial charge in [0.15, 0.2) is 9.84 Å². The van der Waals surface area contributed by atoms with Crippen molar-refractivity contribution in [2.75, 3.05) is 5.75 Å². The minimum atomic E-state index is -5.08. The summed E-state index contributed by atoms with van der Waals surface area (Å²) in [6.45, 7) is 1.52. The van der Waals surface area contributed by atoms with Gasteiger partial charge in [-0.05, 0) is 30.3 Å². The van der Waals surface area contributed by atoms with Crippen LogP contribution in [0.2, 0.25) is 0 Å². The van der Waals surface area contributed by atoms with Crippen molar-refractivity contribution in [3.8, 4) is 11.4 Å². The SMILES string of the molecule is CCS(=O)(=O)c1cc2ccc(Br)cc2nc1-c1cc2ncc(C(F)(F)F)cc2[nH]1.O=C(O)C(F)(F)F. The molecule has 36 heavy (non-hydrogen) atoms. The van der Waals surface area contributed by atoms with E-state index < -0.39 is 33.7 Å². The van der Waals surface area contributed by atoms with Gasteiger partial charge in [0.25, 0.3) is 0 Å². The van der Waals surface area contributed by atoms with Crippen LogP contribution in [0.3, 0.4) is 0 Å². The molecule has 0 spiro atoms. The normalized spacial score (nSPS) is 12.4. The number of nitrogens with zero attached hydrogens (tertiary/aromatic N) is 2. The van der Waals surface area contributed by atoms with E-state index in [-0.39, 0.29) is 33.1 Å². The second-order valence-electron chi connectivity index (χ2n) is 7.22. The van der Waals surface area contributed by atoms with Gasteiger partial charge in [-0.15, -0.1) is 0 Å². The molecule has 0 radical (unpaired) electrons. The van der Waals surface area contributed by atoms with Crippen LogP contribution in [-0.2, 0) is 20.8 Å². The van der Waals surface area contributed by atoms with Crippen molar-refractivity contribution in [1.82, 2.24) is 15.0 Å². The van der Waals surface area contributed by atoms with E-state index in [4.69, 9.17) is 9.90 Å². The number of aromatic amines is 1. The monoisotopic (exact) mass is 597 g/mol. The van der Waals surface area contributed by atoms with Crippen molar-refractivity contribution < 1.29 is 44.7 Å². The number of halogens is 7. The molecule has 0 aliphatic heterocycles. The zero-order valence-corrected chi connectivity index (χ0v) is 20.3. The van der Waals surface area contributed by atoms with Gasteiger partial charge >= 0.3 is 18.3 Å². The standard InChI is InChI=1S/C19H13BrF3N3O2S.C2HF3O2/c1-2-29(27,28)17-5-10-3-4-12(20)7-13(10)26-18(17)16-8-14-15(25-16)6-11(9-24-14)19(21,22)23;3-2(4,5)1(6)7/h3-9,25H,2H2,1H3;(H,6,7). The number of carboxylic acids is 1. The molecule has 1 aromatic carbocycles. The molecule has 0 aliphatic rings. The molecule has 0 fully saturated rings. The first-order chi connectivity index (χ1) is 16.5. The number of carbonyl (C=O) groups is 1. The van der Waals surface area contributed by atoms with Gasteiger partial charge in [0.1, 0.15) is 5.69 Å². The summed E-state index contributed by atoms with van der Waals surface area (Å²) >= 11 is 3.36. The lowest BCUT2D eigenvalue weighted by Crippen LogP contribution is -2.21. The average molecular weight is 598 g/mol. The molecule has 0 unspecified atom stereocenters. The van der Waals surface area contributed by atoms with Gasteiger partial charge in [-0.3, -0.25) is 4.98 Å². The maximum Gasteiger partial charge on any atom is 0.490 e. The Morgan fingerprint density at radius 1 is 1.06 bits per heavy atom. The third-order valence-corrected chi connectivity index (χ3v) is 6.99.